The molecule has 22 heavy (non-hydrogen) atoms. The summed E-state index contributed by atoms with van der Waals surface area (Å²) < 4.78 is 2.39. The molecule has 0 aliphatic rings. The summed E-state index contributed by atoms with van der Waals surface area (Å²) in [5, 5.41) is 24.3. The maximum Gasteiger partial charge on any atom is 0.304 e. The molecular formula is C10H36N10Si2. The highest BCUT2D eigenvalue weighted by molar-refractivity contribution is 6.66. The molecule has 0 fully saturated rings. The summed E-state index contributed by atoms with van der Waals surface area (Å²) in [6, 6.07) is 0. The fraction of sp³-hybridized carbons (Fsp3) is 1.00. The maximum absolute atomic E-state index is 3.54. The summed E-state index contributed by atoms with van der Waals surface area (Å²) in [6.45, 7) is 0. The van der Waals surface area contributed by atoms with Crippen LogP contribution in [0.15, 0.2) is 0 Å². The summed E-state index contributed by atoms with van der Waals surface area (Å²) in [7, 11) is 16.9. The summed E-state index contributed by atoms with van der Waals surface area (Å²) in [4.78, 5) is 0. The van der Waals surface area contributed by atoms with E-state index in [1.54, 1.807) is 0 Å². The van der Waals surface area contributed by atoms with Crippen molar-refractivity contribution < 1.29 is 0 Å². The number of nitrogens with zero attached hydrogens (tertiary/aromatic N) is 6. The highest BCUT2D eigenvalue weighted by Crippen LogP contribution is 1.97. The second-order valence-corrected chi connectivity index (χ2v) is 10.4. The molecule has 4 N–H and O–H groups in total. The Hall–Kier alpha value is 0.0338. The van der Waals surface area contributed by atoms with Gasteiger partial charge in [-0.05, 0) is 0 Å². The van der Waals surface area contributed by atoms with Gasteiger partial charge in [0.15, 0.2) is 0 Å². The van der Waals surface area contributed by atoms with Crippen molar-refractivity contribution in [2.45, 2.75) is 0 Å². The number of rotatable bonds is 11. The van der Waals surface area contributed by atoms with Gasteiger partial charge in [0.1, 0.15) is 0 Å². The lowest BCUT2D eigenvalue weighted by molar-refractivity contribution is 0.158. The summed E-state index contributed by atoms with van der Waals surface area (Å²) in [6.07, 6.45) is 0. The van der Waals surface area contributed by atoms with E-state index in [-0.39, 0.29) is 0 Å². The lowest BCUT2D eigenvalue weighted by Crippen LogP contribution is -2.79. The van der Waals surface area contributed by atoms with E-state index >= 15 is 0 Å². The fourth-order valence-corrected chi connectivity index (χ4v) is 7.35. The Balaban J connectivity index is 5.34. The molecule has 0 aliphatic carbocycles. The molecular weight excluding hydrogens is 316 g/mol. The van der Waals surface area contributed by atoms with E-state index in [9.17, 15) is 0 Å². The largest absolute Gasteiger partial charge is 0.304 e. The molecule has 0 aromatic carbocycles. The minimum atomic E-state index is -1.70. The van der Waals surface area contributed by atoms with Crippen molar-refractivity contribution in [3.8, 4) is 0 Å². The summed E-state index contributed by atoms with van der Waals surface area (Å²) in [5.74, 6) is 0. The predicted molar refractivity (Wildman–Crippen MR) is 97.1 cm³/mol. The van der Waals surface area contributed by atoms with Crippen LogP contribution in [0.5, 0.6) is 0 Å². The smallest absolute Gasteiger partial charge is 0.257 e. The minimum absolute atomic E-state index is 1.70. The topological polar surface area (TPSA) is 67.6 Å². The number of hydrogen-bond acceptors (Lipinski definition) is 10. The minimum Gasteiger partial charge on any atom is -0.257 e. The molecule has 134 valence electrons. The average molecular weight is 353 g/mol. The third-order valence-electron chi connectivity index (χ3n) is 2.51. The molecule has 12 heteroatoms. The third-order valence-corrected chi connectivity index (χ3v) is 9.33. The monoisotopic (exact) mass is 352 g/mol. The van der Waals surface area contributed by atoms with Crippen LogP contribution in [-0.4, -0.2) is 118 Å². The second-order valence-electron chi connectivity index (χ2n) is 6.13. The van der Waals surface area contributed by atoms with Gasteiger partial charge >= 0.3 is 18.6 Å². The van der Waals surface area contributed by atoms with Crippen LogP contribution < -0.4 is 20.4 Å². The van der Waals surface area contributed by atoms with Crippen molar-refractivity contribution in [3.63, 3.8) is 0 Å². The average Bonchev–Trinajstić information content (AvgIpc) is 2.23. The summed E-state index contributed by atoms with van der Waals surface area (Å²) >= 11 is 0. The second kappa shape index (κ2) is 10.7. The number of nitrogens with one attached hydrogen (secondary N) is 4. The fourth-order valence-electron chi connectivity index (χ4n) is 1.88. The maximum atomic E-state index is 3.54. The van der Waals surface area contributed by atoms with Gasteiger partial charge in [0.05, 0.1) is 0 Å². The Morgan fingerprint density at radius 1 is 0.455 bits per heavy atom. The number of hydrazine groups is 5. The van der Waals surface area contributed by atoms with Crippen LogP contribution >= 0.6 is 0 Å². The first-order chi connectivity index (χ1) is 10.0. The Labute approximate surface area is 139 Å². The van der Waals surface area contributed by atoms with E-state index in [4.69, 9.17) is 0 Å². The first-order valence-corrected chi connectivity index (χ1v) is 10.6. The van der Waals surface area contributed by atoms with Crippen molar-refractivity contribution in [2.75, 3.05) is 70.5 Å². The molecule has 0 atom stereocenters. The van der Waals surface area contributed by atoms with Crippen LogP contribution in [0.1, 0.15) is 0 Å². The zero-order chi connectivity index (χ0) is 17.4. The van der Waals surface area contributed by atoms with Gasteiger partial charge < -0.3 is 0 Å². The first-order valence-electron chi connectivity index (χ1n) is 7.24. The lowest BCUT2D eigenvalue weighted by Gasteiger charge is -2.43. The molecule has 0 aromatic rings. The molecule has 0 unspecified atom stereocenters. The van der Waals surface area contributed by atoms with E-state index in [0.717, 1.165) is 0 Å². The zero-order valence-corrected chi connectivity index (χ0v) is 18.1. The molecule has 10 nitrogen and oxygen atoms in total. The van der Waals surface area contributed by atoms with Gasteiger partial charge in [-0.2, -0.15) is 0 Å². The zero-order valence-electron chi connectivity index (χ0n) is 15.8. The van der Waals surface area contributed by atoms with Gasteiger partial charge in [-0.15, -0.1) is 0 Å². The van der Waals surface area contributed by atoms with Crippen LogP contribution in [-0.2, 0) is 0 Å². The van der Waals surface area contributed by atoms with Crippen molar-refractivity contribution in [1.82, 2.24) is 49.8 Å². The molecule has 0 bridgehead atoms. The van der Waals surface area contributed by atoms with Crippen molar-refractivity contribution >= 4 is 18.6 Å². The quantitative estimate of drug-likeness (QED) is 0.222. The molecule has 0 rings (SSSR count). The van der Waals surface area contributed by atoms with E-state index < -0.39 is 18.6 Å². The van der Waals surface area contributed by atoms with Crippen molar-refractivity contribution in [3.05, 3.63) is 0 Å². The van der Waals surface area contributed by atoms with Gasteiger partial charge in [-0.3, -0.25) is 45.4 Å². The van der Waals surface area contributed by atoms with Gasteiger partial charge in [0, 0.05) is 70.5 Å². The summed E-state index contributed by atoms with van der Waals surface area (Å²) in [5.41, 5.74) is 0. The normalized spacial score (nSPS) is 13.4. The Morgan fingerprint density at radius 2 is 0.682 bits per heavy atom. The Kier molecular flexibility index (Phi) is 10.8. The number of hydrogen-bond donors (Lipinski definition) is 4. The Morgan fingerprint density at radius 3 is 0.818 bits per heavy atom. The van der Waals surface area contributed by atoms with Crippen LogP contribution in [0.3, 0.4) is 0 Å². The van der Waals surface area contributed by atoms with Crippen LogP contribution in [0.25, 0.3) is 0 Å². The van der Waals surface area contributed by atoms with Gasteiger partial charge in [0.2, 0.25) is 0 Å². The van der Waals surface area contributed by atoms with E-state index in [0.29, 0.717) is 0 Å². The van der Waals surface area contributed by atoms with E-state index in [1.165, 1.54) is 0 Å². The third kappa shape index (κ3) is 9.24. The highest BCUT2D eigenvalue weighted by atomic mass is 28.4. The molecule has 0 heterocycles. The van der Waals surface area contributed by atoms with Crippen LogP contribution in [0.4, 0.5) is 0 Å². The first kappa shape index (κ1) is 22.0. The Bertz CT molecular complexity index is 245. The SMILES string of the molecule is CN(C)N[SiH](NN(C)C)N(N(C)C)[SiH](NN(C)C)NN(C)C. The molecule has 0 saturated heterocycles. The highest BCUT2D eigenvalue weighted by Gasteiger charge is 2.33. The van der Waals surface area contributed by atoms with Crippen molar-refractivity contribution in [2.24, 2.45) is 0 Å². The molecule has 0 radical (unpaired) electrons. The van der Waals surface area contributed by atoms with Crippen LogP contribution in [0, 0.1) is 0 Å². The van der Waals surface area contributed by atoms with Gasteiger partial charge in [-0.25, -0.2) is 4.34 Å². The molecule has 0 amide bonds. The molecule has 0 aromatic heterocycles. The standard InChI is InChI=1S/C10H36N10Si2/c1-15(2)11-21(12-16(3)4)20(19(9)10)22(13-17(5)6)14-18(7)8/h11-14,21-22H,1-10H3. The van der Waals surface area contributed by atoms with Crippen molar-refractivity contribution in [1.29, 1.82) is 0 Å². The molecule has 0 spiro atoms. The van der Waals surface area contributed by atoms with E-state index in [1.807, 2.05) is 76.4 Å². The lowest BCUT2D eigenvalue weighted by atomic mass is 11.2. The van der Waals surface area contributed by atoms with Crippen LogP contribution in [0.2, 0.25) is 0 Å². The molecule has 0 saturated carbocycles. The molecule has 0 aliphatic heterocycles. The van der Waals surface area contributed by atoms with Gasteiger partial charge in [0.25, 0.3) is 0 Å². The van der Waals surface area contributed by atoms with Gasteiger partial charge in [-0.1, -0.05) is 0 Å². The predicted octanol–water partition coefficient (Wildman–Crippen LogP) is -3.54. The van der Waals surface area contributed by atoms with E-state index in [2.05, 4.69) is 43.8 Å².